The summed E-state index contributed by atoms with van der Waals surface area (Å²) >= 11 is 0. The second-order valence-electron chi connectivity index (χ2n) is 3.55. The van der Waals surface area contributed by atoms with Crippen LogP contribution in [0.2, 0.25) is 0 Å². The number of aromatic hydroxyl groups is 2. The second-order valence-corrected chi connectivity index (χ2v) is 3.55. The van der Waals surface area contributed by atoms with Gasteiger partial charge in [0.15, 0.2) is 0 Å². The van der Waals surface area contributed by atoms with Crippen molar-refractivity contribution in [3.63, 3.8) is 0 Å². The fourth-order valence-corrected chi connectivity index (χ4v) is 1.15. The van der Waals surface area contributed by atoms with E-state index in [0.29, 0.717) is 0 Å². The Labute approximate surface area is 139 Å². The molecule has 0 saturated heterocycles. The van der Waals surface area contributed by atoms with E-state index in [4.69, 9.17) is 10.2 Å². The van der Waals surface area contributed by atoms with Crippen molar-refractivity contribution in [1.82, 2.24) is 0 Å². The first-order valence-electron chi connectivity index (χ1n) is 5.27. The fraction of sp³-hybridized carbons (Fsp3) is 0. The Hall–Kier alpha value is -2.22. The van der Waals surface area contributed by atoms with Gasteiger partial charge in [0.1, 0.15) is 11.5 Å². The summed E-state index contributed by atoms with van der Waals surface area (Å²) in [6.07, 6.45) is 0. The Kier molecular flexibility index (Phi) is 7.91. The van der Waals surface area contributed by atoms with Gasteiger partial charge >= 0.3 is 27.7 Å². The van der Waals surface area contributed by atoms with Gasteiger partial charge in [-0.15, -0.1) is 0 Å². The van der Waals surface area contributed by atoms with Crippen molar-refractivity contribution in [2.45, 2.75) is 0 Å². The normalized spacial score (nSPS) is 8.76. The Bertz CT molecular complexity index is 545. The molecular weight excluding hydrogens is 469 g/mol. The molecule has 0 atom stereocenters. The molecule has 104 valence electrons. The molecule has 0 unspecified atom stereocenters. The van der Waals surface area contributed by atoms with E-state index in [0.717, 1.165) is 0 Å². The fourth-order valence-electron chi connectivity index (χ4n) is 1.15. The van der Waals surface area contributed by atoms with Crippen molar-refractivity contribution in [2.24, 2.45) is 0 Å². The summed E-state index contributed by atoms with van der Waals surface area (Å²) in [5.74, 6) is 0.0659. The Morgan fingerprint density at radius 3 is 1.10 bits per heavy atom. The van der Waals surface area contributed by atoms with Crippen LogP contribution in [0.5, 0.6) is 11.5 Å². The van der Waals surface area contributed by atoms with Crippen LogP contribution >= 0.6 is 0 Å². The first kappa shape index (κ1) is 18.8. The molecule has 0 saturated carbocycles. The topological polar surface area (TPSA) is 127 Å². The van der Waals surface area contributed by atoms with Crippen molar-refractivity contribution in [1.29, 1.82) is 0 Å². The smallest absolute Gasteiger partial charge is 0.508 e. The van der Waals surface area contributed by atoms with Crippen molar-refractivity contribution in [3.05, 3.63) is 68.8 Å². The second kappa shape index (κ2) is 8.85. The number of phenolic OH excluding ortho intramolecular Hbond substituents is 2. The molecule has 0 aliphatic carbocycles. The van der Waals surface area contributed by atoms with Gasteiger partial charge in [-0.05, 0) is 24.3 Å². The van der Waals surface area contributed by atoms with Crippen LogP contribution in [0, 0.1) is 20.2 Å². The molecule has 0 heterocycles. The largest absolute Gasteiger partial charge is 2.00 e. The molecule has 0 fully saturated rings. The molecule has 21 heavy (non-hydrogen) atoms. The van der Waals surface area contributed by atoms with E-state index < -0.39 is 9.85 Å². The summed E-state index contributed by atoms with van der Waals surface area (Å²) < 4.78 is 0. The molecule has 0 aromatic heterocycles. The van der Waals surface area contributed by atoms with Crippen LogP contribution in [0.4, 0.5) is 11.4 Å². The first-order chi connectivity index (χ1) is 9.40. The standard InChI is InChI=1S/2C6H5NO3.Hg/c2*8-6-3-1-5(2-4-6)7(9)10;/h2*1-4,8H;/q;;+2. The zero-order valence-corrected chi connectivity index (χ0v) is 16.2. The molecular formula is C12H10HgN2O6+2. The van der Waals surface area contributed by atoms with Crippen molar-refractivity contribution >= 4 is 11.4 Å². The van der Waals surface area contributed by atoms with Crippen LogP contribution in [-0.2, 0) is 27.7 Å². The minimum absolute atomic E-state index is 0. The van der Waals surface area contributed by atoms with Gasteiger partial charge in [0.2, 0.25) is 0 Å². The molecule has 2 aromatic carbocycles. The van der Waals surface area contributed by atoms with Gasteiger partial charge in [-0.1, -0.05) is 0 Å². The van der Waals surface area contributed by atoms with Crippen LogP contribution in [0.15, 0.2) is 48.5 Å². The minimum Gasteiger partial charge on any atom is -0.508 e. The number of hydrogen-bond donors (Lipinski definition) is 2. The molecule has 0 aliphatic rings. The Morgan fingerprint density at radius 2 is 0.905 bits per heavy atom. The number of phenols is 2. The third-order valence-electron chi connectivity index (χ3n) is 2.12. The van der Waals surface area contributed by atoms with Gasteiger partial charge in [-0.25, -0.2) is 0 Å². The maximum atomic E-state index is 10.0. The summed E-state index contributed by atoms with van der Waals surface area (Å²) in [4.78, 5) is 19.0. The van der Waals surface area contributed by atoms with E-state index in [1.807, 2.05) is 0 Å². The van der Waals surface area contributed by atoms with Crippen LogP contribution in [-0.4, -0.2) is 20.1 Å². The van der Waals surface area contributed by atoms with Crippen LogP contribution in [0.25, 0.3) is 0 Å². The van der Waals surface area contributed by atoms with Gasteiger partial charge in [0.25, 0.3) is 11.4 Å². The number of rotatable bonds is 2. The van der Waals surface area contributed by atoms with E-state index in [1.54, 1.807) is 0 Å². The van der Waals surface area contributed by atoms with Crippen molar-refractivity contribution in [2.75, 3.05) is 0 Å². The SMILES string of the molecule is O=[N+]([O-])c1ccc(O)cc1.O=[N+]([O-])c1ccc(O)cc1.[Hg+2]. The van der Waals surface area contributed by atoms with Gasteiger partial charge in [0.05, 0.1) is 9.85 Å². The number of non-ortho nitro benzene ring substituents is 2. The monoisotopic (exact) mass is 480 g/mol. The van der Waals surface area contributed by atoms with Gasteiger partial charge in [0, 0.05) is 24.3 Å². The third kappa shape index (κ3) is 6.66. The predicted molar refractivity (Wildman–Crippen MR) is 69.5 cm³/mol. The third-order valence-corrected chi connectivity index (χ3v) is 2.12. The average molecular weight is 479 g/mol. The van der Waals surface area contributed by atoms with E-state index >= 15 is 0 Å². The maximum absolute atomic E-state index is 10.0. The summed E-state index contributed by atoms with van der Waals surface area (Å²) in [6, 6.07) is 10.1. The number of nitrogens with zero attached hydrogens (tertiary/aromatic N) is 2. The molecule has 0 radical (unpaired) electrons. The van der Waals surface area contributed by atoms with Crippen molar-refractivity contribution < 1.29 is 47.7 Å². The van der Waals surface area contributed by atoms with Gasteiger partial charge < -0.3 is 10.2 Å². The molecule has 0 amide bonds. The minimum atomic E-state index is -0.514. The first-order valence-corrected chi connectivity index (χ1v) is 5.27. The zero-order valence-electron chi connectivity index (χ0n) is 10.7. The maximum Gasteiger partial charge on any atom is 2.00 e. The number of hydrogen-bond acceptors (Lipinski definition) is 6. The Morgan fingerprint density at radius 1 is 0.667 bits per heavy atom. The van der Waals surface area contributed by atoms with E-state index in [9.17, 15) is 20.2 Å². The predicted octanol–water partition coefficient (Wildman–Crippen LogP) is 2.60. The van der Waals surface area contributed by atoms with Crippen molar-refractivity contribution in [3.8, 4) is 11.5 Å². The van der Waals surface area contributed by atoms with Gasteiger partial charge in [-0.3, -0.25) is 20.2 Å². The number of nitro benzene ring substituents is 2. The number of benzene rings is 2. The summed E-state index contributed by atoms with van der Waals surface area (Å²) in [7, 11) is 0. The molecule has 8 nitrogen and oxygen atoms in total. The molecule has 2 aromatic rings. The molecule has 0 aliphatic heterocycles. The average Bonchev–Trinajstić information content (AvgIpc) is 2.40. The molecule has 0 spiro atoms. The van der Waals surface area contributed by atoms with Crippen LogP contribution < -0.4 is 0 Å². The molecule has 0 bridgehead atoms. The molecule has 2 rings (SSSR count). The van der Waals surface area contributed by atoms with E-state index in [2.05, 4.69) is 0 Å². The van der Waals surface area contributed by atoms with Crippen LogP contribution in [0.3, 0.4) is 0 Å². The molecule has 9 heteroatoms. The quantitative estimate of drug-likeness (QED) is 0.388. The molecule has 2 N–H and O–H groups in total. The van der Waals surface area contributed by atoms with Gasteiger partial charge in [-0.2, -0.15) is 0 Å². The van der Waals surface area contributed by atoms with Crippen LogP contribution in [0.1, 0.15) is 0 Å². The van der Waals surface area contributed by atoms with E-state index in [-0.39, 0.29) is 50.5 Å². The number of nitro groups is 2. The summed E-state index contributed by atoms with van der Waals surface area (Å²) in [5, 5.41) is 37.5. The summed E-state index contributed by atoms with van der Waals surface area (Å²) in [5.41, 5.74) is -0.0319. The Balaban J connectivity index is 0.000000364. The van der Waals surface area contributed by atoms with E-state index in [1.165, 1.54) is 48.5 Å². The summed E-state index contributed by atoms with van der Waals surface area (Å²) in [6.45, 7) is 0. The zero-order chi connectivity index (χ0) is 15.1.